The first-order chi connectivity index (χ1) is 8.31. The second-order valence-corrected chi connectivity index (χ2v) is 4.66. The van der Waals surface area contributed by atoms with Crippen LogP contribution in [0.3, 0.4) is 0 Å². The summed E-state index contributed by atoms with van der Waals surface area (Å²) < 4.78 is 0. The normalized spacial score (nSPS) is 10.5. The molecule has 1 heteroatoms. The lowest BCUT2D eigenvalue weighted by molar-refractivity contribution is -0.107. The van der Waals surface area contributed by atoms with Crippen molar-refractivity contribution in [3.8, 4) is 0 Å². The fourth-order valence-corrected chi connectivity index (χ4v) is 2.24. The third-order valence-corrected chi connectivity index (χ3v) is 3.10. The first-order valence-electron chi connectivity index (χ1n) is 6.86. The molecule has 0 aliphatic carbocycles. The van der Waals surface area contributed by atoms with E-state index >= 15 is 0 Å². The second-order valence-electron chi connectivity index (χ2n) is 4.66. The third-order valence-electron chi connectivity index (χ3n) is 3.10. The average molecular weight is 232 g/mol. The number of hydrogen-bond donors (Lipinski definition) is 0. The quantitative estimate of drug-likeness (QED) is 0.487. The lowest BCUT2D eigenvalue weighted by atomic mass is 9.95. The van der Waals surface area contributed by atoms with Gasteiger partial charge < -0.3 is 4.79 Å². The van der Waals surface area contributed by atoms with Gasteiger partial charge in [-0.2, -0.15) is 0 Å². The summed E-state index contributed by atoms with van der Waals surface area (Å²) in [6.07, 6.45) is 8.47. The van der Waals surface area contributed by atoms with Gasteiger partial charge in [0.05, 0.1) is 0 Å². The van der Waals surface area contributed by atoms with Crippen molar-refractivity contribution < 1.29 is 4.79 Å². The van der Waals surface area contributed by atoms with E-state index in [0.29, 0.717) is 6.42 Å². The minimum Gasteiger partial charge on any atom is -0.303 e. The Kier molecular flexibility index (Phi) is 6.61. The molecule has 0 unspecified atom stereocenters. The van der Waals surface area contributed by atoms with Crippen LogP contribution in [0, 0.1) is 0 Å². The van der Waals surface area contributed by atoms with Crippen molar-refractivity contribution in [3.05, 3.63) is 34.9 Å². The number of rotatable bonds is 8. The highest BCUT2D eigenvalue weighted by molar-refractivity contribution is 5.49. The van der Waals surface area contributed by atoms with E-state index in [1.807, 2.05) is 0 Å². The number of benzene rings is 1. The van der Waals surface area contributed by atoms with Crippen molar-refractivity contribution in [2.75, 3.05) is 0 Å². The zero-order valence-electron chi connectivity index (χ0n) is 11.2. The summed E-state index contributed by atoms with van der Waals surface area (Å²) in [7, 11) is 0. The summed E-state index contributed by atoms with van der Waals surface area (Å²) in [5.41, 5.74) is 4.40. The van der Waals surface area contributed by atoms with E-state index in [2.05, 4.69) is 32.0 Å². The van der Waals surface area contributed by atoms with Crippen LogP contribution in [0.2, 0.25) is 0 Å². The van der Waals surface area contributed by atoms with Crippen LogP contribution in [0.15, 0.2) is 18.2 Å². The van der Waals surface area contributed by atoms with Crippen molar-refractivity contribution in [1.82, 2.24) is 0 Å². The molecule has 0 aromatic heterocycles. The zero-order chi connectivity index (χ0) is 12.5. The molecule has 0 N–H and O–H groups in total. The maximum Gasteiger partial charge on any atom is 0.120 e. The minimum absolute atomic E-state index is 0.680. The van der Waals surface area contributed by atoms with E-state index in [1.54, 1.807) is 0 Å². The van der Waals surface area contributed by atoms with Crippen LogP contribution < -0.4 is 0 Å². The summed E-state index contributed by atoms with van der Waals surface area (Å²) in [5.74, 6) is 0. The molecule has 0 saturated carbocycles. The maximum absolute atomic E-state index is 10.3. The maximum atomic E-state index is 10.3. The molecule has 0 atom stereocenters. The Morgan fingerprint density at radius 2 is 1.71 bits per heavy atom. The molecule has 0 heterocycles. The number of unbranched alkanes of at least 4 members (excludes halogenated alkanes) is 1. The standard InChI is InChI=1S/C16H24O/c1-3-7-15-11-10-14(9-5-6-12-17)13-16(15)8-4-2/h10-13H,3-9H2,1-2H3. The Morgan fingerprint density at radius 1 is 1.00 bits per heavy atom. The number of hydrogen-bond acceptors (Lipinski definition) is 1. The fraction of sp³-hybridized carbons (Fsp3) is 0.562. The van der Waals surface area contributed by atoms with Crippen LogP contribution in [0.25, 0.3) is 0 Å². The molecule has 1 aromatic carbocycles. The Balaban J connectivity index is 2.73. The molecule has 0 fully saturated rings. The SMILES string of the molecule is CCCc1ccc(CCCC=O)cc1CCC. The largest absolute Gasteiger partial charge is 0.303 e. The van der Waals surface area contributed by atoms with E-state index in [0.717, 1.165) is 19.1 Å². The monoisotopic (exact) mass is 232 g/mol. The number of carbonyl (C=O) groups excluding carboxylic acids is 1. The van der Waals surface area contributed by atoms with Gasteiger partial charge in [-0.25, -0.2) is 0 Å². The van der Waals surface area contributed by atoms with Crippen LogP contribution in [0.1, 0.15) is 56.2 Å². The van der Waals surface area contributed by atoms with Gasteiger partial charge in [0, 0.05) is 6.42 Å². The molecule has 1 rings (SSSR count). The van der Waals surface area contributed by atoms with E-state index < -0.39 is 0 Å². The predicted octanol–water partition coefficient (Wildman–Crippen LogP) is 4.11. The lowest BCUT2D eigenvalue weighted by Gasteiger charge is -2.10. The molecule has 17 heavy (non-hydrogen) atoms. The van der Waals surface area contributed by atoms with Crippen LogP contribution in [0.5, 0.6) is 0 Å². The number of carbonyl (C=O) groups is 1. The molecule has 0 amide bonds. The molecular formula is C16H24O. The Labute approximate surface area is 105 Å². The van der Waals surface area contributed by atoms with Crippen molar-refractivity contribution in [2.24, 2.45) is 0 Å². The van der Waals surface area contributed by atoms with Gasteiger partial charge in [-0.1, -0.05) is 44.9 Å². The molecule has 94 valence electrons. The first kappa shape index (κ1) is 14.0. The molecule has 0 saturated heterocycles. The molecule has 1 aromatic rings. The van der Waals surface area contributed by atoms with Crippen molar-refractivity contribution >= 4 is 6.29 Å². The van der Waals surface area contributed by atoms with Gasteiger partial charge in [-0.15, -0.1) is 0 Å². The van der Waals surface area contributed by atoms with E-state index in [4.69, 9.17) is 0 Å². The van der Waals surface area contributed by atoms with Gasteiger partial charge in [-0.05, 0) is 42.4 Å². The zero-order valence-corrected chi connectivity index (χ0v) is 11.2. The third kappa shape index (κ3) is 4.72. The summed E-state index contributed by atoms with van der Waals surface area (Å²) in [4.78, 5) is 10.3. The molecular weight excluding hydrogens is 208 g/mol. The molecule has 0 radical (unpaired) electrons. The highest BCUT2D eigenvalue weighted by Crippen LogP contribution is 2.17. The molecule has 0 aliphatic rings. The van der Waals surface area contributed by atoms with E-state index in [9.17, 15) is 4.79 Å². The Hall–Kier alpha value is -1.11. The van der Waals surface area contributed by atoms with Crippen molar-refractivity contribution in [1.29, 1.82) is 0 Å². The van der Waals surface area contributed by atoms with Gasteiger partial charge in [0.1, 0.15) is 6.29 Å². The minimum atomic E-state index is 0.680. The average Bonchev–Trinajstić information content (AvgIpc) is 2.33. The topological polar surface area (TPSA) is 17.1 Å². The van der Waals surface area contributed by atoms with Gasteiger partial charge >= 0.3 is 0 Å². The van der Waals surface area contributed by atoms with Gasteiger partial charge in [0.25, 0.3) is 0 Å². The smallest absolute Gasteiger partial charge is 0.120 e. The van der Waals surface area contributed by atoms with E-state index in [-0.39, 0.29) is 0 Å². The Bertz CT molecular complexity index is 341. The summed E-state index contributed by atoms with van der Waals surface area (Å²) >= 11 is 0. The van der Waals surface area contributed by atoms with Gasteiger partial charge in [0.15, 0.2) is 0 Å². The van der Waals surface area contributed by atoms with Gasteiger partial charge in [-0.3, -0.25) is 0 Å². The lowest BCUT2D eigenvalue weighted by Crippen LogP contribution is -1.97. The molecule has 1 nitrogen and oxygen atoms in total. The first-order valence-corrected chi connectivity index (χ1v) is 6.86. The number of aldehydes is 1. The van der Waals surface area contributed by atoms with Crippen LogP contribution in [0.4, 0.5) is 0 Å². The predicted molar refractivity (Wildman–Crippen MR) is 73.4 cm³/mol. The second kappa shape index (κ2) is 8.05. The fourth-order valence-electron chi connectivity index (χ4n) is 2.24. The van der Waals surface area contributed by atoms with Crippen LogP contribution in [-0.2, 0) is 24.1 Å². The summed E-state index contributed by atoms with van der Waals surface area (Å²) in [6.45, 7) is 4.46. The van der Waals surface area contributed by atoms with Crippen LogP contribution >= 0.6 is 0 Å². The number of aryl methyl sites for hydroxylation is 3. The summed E-state index contributed by atoms with van der Waals surface area (Å²) in [5, 5.41) is 0. The van der Waals surface area contributed by atoms with Gasteiger partial charge in [0.2, 0.25) is 0 Å². The van der Waals surface area contributed by atoms with Crippen molar-refractivity contribution in [3.63, 3.8) is 0 Å². The summed E-state index contributed by atoms with van der Waals surface area (Å²) in [6, 6.07) is 6.86. The molecule has 0 aliphatic heterocycles. The highest BCUT2D eigenvalue weighted by atomic mass is 16.1. The van der Waals surface area contributed by atoms with Crippen LogP contribution in [-0.4, -0.2) is 6.29 Å². The van der Waals surface area contributed by atoms with Crippen molar-refractivity contribution in [2.45, 2.75) is 58.8 Å². The molecule has 0 bridgehead atoms. The Morgan fingerprint density at radius 3 is 2.35 bits per heavy atom. The van der Waals surface area contributed by atoms with E-state index in [1.165, 1.54) is 42.4 Å². The highest BCUT2D eigenvalue weighted by Gasteiger charge is 2.03. The molecule has 0 spiro atoms.